The summed E-state index contributed by atoms with van der Waals surface area (Å²) in [6.45, 7) is 6.49. The standard InChI is InChI=1S/C55H63N9O9S/c65-53(59-74(68,69)41-23-47(64(66)67)51-50(24-41)72-31-36(57-51)28-61-29-40-21-38(61)32-71-40)44-10-9-37(22-46(44)63-27-35-30-70-19-12-49(35)73-54-48(63)20-34-11-15-56-52(34)58-54)60-17-13-55(14-18-60)25-39(26-55)62-16-3-6-45(62)43-5-2-1-4-42(43)33-7-8-33/h1-2,4-5,9-11,15,20,22-24,33,35-36,38-40,45,49,57H,3,6-8,12-14,16-19,21,25-32H2,(H,56,58)(H,59,65)/t35-,36+,38-,40-,45+,49+/m1/s1. The van der Waals surface area contributed by atoms with Gasteiger partial charge < -0.3 is 39.0 Å². The van der Waals surface area contributed by atoms with Gasteiger partial charge in [-0.3, -0.25) is 24.7 Å². The van der Waals surface area contributed by atoms with Crippen LogP contribution < -0.4 is 29.3 Å². The number of carbonyl (C=O) groups is 1. The molecule has 14 rings (SSSR count). The van der Waals surface area contributed by atoms with E-state index in [0.717, 1.165) is 62.0 Å². The van der Waals surface area contributed by atoms with Gasteiger partial charge >= 0.3 is 0 Å². The number of ether oxygens (including phenoxy) is 4. The molecule has 0 radical (unpaired) electrons. The Morgan fingerprint density at radius 2 is 1.77 bits per heavy atom. The summed E-state index contributed by atoms with van der Waals surface area (Å²) in [7, 11) is -4.69. The van der Waals surface area contributed by atoms with Crippen LogP contribution in [0.2, 0.25) is 0 Å². The molecular weight excluding hydrogens is 963 g/mol. The predicted octanol–water partition coefficient (Wildman–Crippen LogP) is 7.63. The Hall–Kier alpha value is -5.99. The zero-order valence-electron chi connectivity index (χ0n) is 41.5. The molecule has 3 aromatic carbocycles. The largest absolute Gasteiger partial charge is 0.489 e. The van der Waals surface area contributed by atoms with Crippen molar-refractivity contribution in [3.63, 3.8) is 0 Å². The summed E-state index contributed by atoms with van der Waals surface area (Å²) in [5.74, 6) is 0.200. The summed E-state index contributed by atoms with van der Waals surface area (Å²) < 4.78 is 55.7. The molecule has 6 atom stereocenters. The lowest BCUT2D eigenvalue weighted by Crippen LogP contribution is -2.55. The van der Waals surface area contributed by atoms with Crippen molar-refractivity contribution in [2.75, 3.05) is 80.8 Å². The Labute approximate surface area is 430 Å². The Balaban J connectivity index is 0.747. The number of aromatic nitrogens is 2. The maximum Gasteiger partial charge on any atom is 0.297 e. The molecule has 5 saturated heterocycles. The number of nitrogens with zero attached hydrogens (tertiary/aromatic N) is 6. The topological polar surface area (TPSA) is 197 Å². The molecule has 2 bridgehead atoms. The molecular formula is C55H63N9O9S. The monoisotopic (exact) mass is 1030 g/mol. The van der Waals surface area contributed by atoms with Gasteiger partial charge in [-0.25, -0.2) is 13.1 Å². The number of likely N-dealkylation sites (tertiary alicyclic amines) is 2. The smallest absolute Gasteiger partial charge is 0.297 e. The van der Waals surface area contributed by atoms with Crippen LogP contribution in [-0.2, 0) is 19.5 Å². The van der Waals surface area contributed by atoms with Crippen LogP contribution in [0, 0.1) is 21.4 Å². The second kappa shape index (κ2) is 18.1. The third-order valence-corrected chi connectivity index (χ3v) is 19.4. The molecule has 388 valence electrons. The van der Waals surface area contributed by atoms with Crippen molar-refractivity contribution in [3.8, 4) is 11.6 Å². The van der Waals surface area contributed by atoms with Crippen LogP contribution in [0.5, 0.6) is 11.6 Å². The third-order valence-electron chi connectivity index (χ3n) is 18.1. The van der Waals surface area contributed by atoms with Crippen LogP contribution in [-0.4, -0.2) is 135 Å². The summed E-state index contributed by atoms with van der Waals surface area (Å²) >= 11 is 0. The third kappa shape index (κ3) is 8.33. The van der Waals surface area contributed by atoms with Crippen molar-refractivity contribution in [2.24, 2.45) is 11.3 Å². The molecule has 19 heteroatoms. The first-order chi connectivity index (χ1) is 36.0. The van der Waals surface area contributed by atoms with Crippen molar-refractivity contribution in [2.45, 2.75) is 111 Å². The van der Waals surface area contributed by atoms with E-state index in [1.54, 1.807) is 17.2 Å². The SMILES string of the molecule is O=C(NS(=O)(=O)c1cc2c(c([N+](=O)[O-])c1)N[C@@H](CN1C[C@H]3C[C@@H]1CO3)CO2)c1ccc(N2CCC3(CC2)CC(N2CCC[C@H]2c2ccccc2C2CC2)C3)cc1N1C[C@@H]2COCC[C@@H]2Oc2nc3[nH]ccc3cc21. The van der Waals surface area contributed by atoms with E-state index in [-0.39, 0.29) is 47.8 Å². The summed E-state index contributed by atoms with van der Waals surface area (Å²) in [6.07, 6.45) is 13.1. The van der Waals surface area contributed by atoms with Crippen molar-refractivity contribution < 1.29 is 37.1 Å². The highest BCUT2D eigenvalue weighted by molar-refractivity contribution is 7.90. The maximum absolute atomic E-state index is 14.8. The number of rotatable bonds is 11. The number of carbonyl (C=O) groups excluding carboxylic acids is 1. The molecule has 1 amide bonds. The van der Waals surface area contributed by atoms with Crippen LogP contribution in [0.25, 0.3) is 11.0 Å². The van der Waals surface area contributed by atoms with Gasteiger partial charge in [0.1, 0.15) is 24.0 Å². The van der Waals surface area contributed by atoms with E-state index >= 15 is 0 Å². The average molecular weight is 1030 g/mol. The quantitative estimate of drug-likeness (QED) is 0.0862. The fourth-order valence-corrected chi connectivity index (χ4v) is 15.0. The van der Waals surface area contributed by atoms with Crippen LogP contribution in [0.1, 0.15) is 97.7 Å². The van der Waals surface area contributed by atoms with Gasteiger partial charge in [-0.2, -0.15) is 4.98 Å². The number of hydrogen-bond donors (Lipinski definition) is 3. The molecule has 0 unspecified atom stereocenters. The van der Waals surface area contributed by atoms with Crippen molar-refractivity contribution >= 4 is 55.4 Å². The van der Waals surface area contributed by atoms with Crippen LogP contribution >= 0.6 is 0 Å². The summed E-state index contributed by atoms with van der Waals surface area (Å²) in [5, 5.41) is 16.7. The minimum atomic E-state index is -4.69. The lowest BCUT2D eigenvalue weighted by molar-refractivity contribution is -0.384. The van der Waals surface area contributed by atoms with E-state index in [1.807, 2.05) is 35.4 Å². The second-order valence-corrected chi connectivity index (χ2v) is 24.3. The molecule has 5 aromatic rings. The normalized spacial score (nSPS) is 27.6. The molecule has 2 saturated carbocycles. The van der Waals surface area contributed by atoms with E-state index in [9.17, 15) is 23.3 Å². The Morgan fingerprint density at radius 1 is 0.919 bits per heavy atom. The number of amides is 1. The van der Waals surface area contributed by atoms with Gasteiger partial charge in [0, 0.05) is 92.6 Å². The number of nitro benzene ring substituents is 1. The molecule has 2 aliphatic carbocycles. The number of nitrogens with one attached hydrogen (secondary N) is 3. The molecule has 7 fully saturated rings. The molecule has 9 aliphatic rings. The van der Waals surface area contributed by atoms with Crippen LogP contribution in [0.15, 0.2) is 77.8 Å². The number of H-pyrrole nitrogens is 1. The average Bonchev–Trinajstić information content (AvgIpc) is 3.66. The lowest BCUT2D eigenvalue weighted by Gasteiger charge is -2.56. The van der Waals surface area contributed by atoms with Gasteiger partial charge in [0.15, 0.2) is 11.4 Å². The van der Waals surface area contributed by atoms with E-state index in [1.165, 1.54) is 51.1 Å². The van der Waals surface area contributed by atoms with E-state index in [4.69, 9.17) is 23.9 Å². The highest BCUT2D eigenvalue weighted by Crippen LogP contribution is 2.55. The Morgan fingerprint density at radius 3 is 2.57 bits per heavy atom. The molecule has 1 spiro atoms. The molecule has 7 aliphatic heterocycles. The van der Waals surface area contributed by atoms with E-state index < -0.39 is 31.4 Å². The number of benzene rings is 3. The molecule has 18 nitrogen and oxygen atoms in total. The summed E-state index contributed by atoms with van der Waals surface area (Å²) in [4.78, 5) is 44.1. The number of fused-ring (bicyclic) bond motifs is 6. The number of aromatic amines is 1. The number of nitro groups is 1. The van der Waals surface area contributed by atoms with Gasteiger partial charge in [0.2, 0.25) is 5.88 Å². The number of sulfonamides is 1. The number of morpholine rings is 1. The minimum Gasteiger partial charge on any atom is -0.489 e. The zero-order chi connectivity index (χ0) is 49.9. The number of pyridine rings is 1. The number of hydrogen-bond acceptors (Lipinski definition) is 15. The first-order valence-electron chi connectivity index (χ1n) is 26.9. The zero-order valence-corrected chi connectivity index (χ0v) is 42.3. The minimum absolute atomic E-state index is 0.0317. The fraction of sp³-hybridized carbons (Fsp3) is 0.527. The van der Waals surface area contributed by atoms with Gasteiger partial charge in [-0.15, -0.1) is 0 Å². The Bertz CT molecular complexity index is 3150. The predicted molar refractivity (Wildman–Crippen MR) is 277 cm³/mol. The molecule has 3 N–H and O–H groups in total. The van der Waals surface area contributed by atoms with E-state index in [0.29, 0.717) is 85.8 Å². The summed E-state index contributed by atoms with van der Waals surface area (Å²) in [5.41, 5.74) is 5.93. The van der Waals surface area contributed by atoms with E-state index in [2.05, 4.69) is 54.0 Å². The van der Waals surface area contributed by atoms with Crippen molar-refractivity contribution in [3.05, 3.63) is 99.7 Å². The fourth-order valence-electron chi connectivity index (χ4n) is 14.0. The molecule has 9 heterocycles. The summed E-state index contributed by atoms with van der Waals surface area (Å²) in [6, 6.07) is 22.1. The van der Waals surface area contributed by atoms with Crippen LogP contribution in [0.3, 0.4) is 0 Å². The van der Waals surface area contributed by atoms with Crippen molar-refractivity contribution in [1.29, 1.82) is 0 Å². The number of piperidine rings is 1. The van der Waals surface area contributed by atoms with Gasteiger partial charge in [-0.05, 0) is 117 Å². The second-order valence-electron chi connectivity index (χ2n) is 22.6. The van der Waals surface area contributed by atoms with Gasteiger partial charge in [0.05, 0.1) is 53.0 Å². The Kier molecular flexibility index (Phi) is 11.4. The highest BCUT2D eigenvalue weighted by Gasteiger charge is 2.51. The molecule has 74 heavy (non-hydrogen) atoms. The van der Waals surface area contributed by atoms with Gasteiger partial charge in [-0.1, -0.05) is 24.3 Å². The maximum atomic E-state index is 14.8. The molecule has 2 aromatic heterocycles. The number of anilines is 4. The van der Waals surface area contributed by atoms with Gasteiger partial charge in [0.25, 0.3) is 21.6 Å². The highest BCUT2D eigenvalue weighted by atomic mass is 32.2. The first kappa shape index (κ1) is 46.5. The van der Waals surface area contributed by atoms with Crippen molar-refractivity contribution in [1.82, 2.24) is 24.5 Å². The lowest BCUT2D eigenvalue weighted by atomic mass is 9.59. The van der Waals surface area contributed by atoms with Crippen LogP contribution in [0.4, 0.5) is 28.4 Å². The first-order valence-corrected chi connectivity index (χ1v) is 28.4.